The molecule has 12 heavy (non-hydrogen) atoms. The molecule has 0 saturated carbocycles. The number of hydrogen-bond donors (Lipinski definition) is 1. The second-order valence-electron chi connectivity index (χ2n) is 3.81. The first-order valence-corrected chi connectivity index (χ1v) is 4.83. The van der Waals surface area contributed by atoms with E-state index in [-0.39, 0.29) is 0 Å². The number of hydrogen-bond acceptors (Lipinski definition) is 3. The van der Waals surface area contributed by atoms with Gasteiger partial charge in [0.05, 0.1) is 0 Å². The van der Waals surface area contributed by atoms with Crippen LogP contribution in [-0.2, 0) is 0 Å². The van der Waals surface area contributed by atoms with E-state index in [2.05, 4.69) is 36.1 Å². The van der Waals surface area contributed by atoms with E-state index >= 15 is 0 Å². The Morgan fingerprint density at radius 1 is 1.50 bits per heavy atom. The first kappa shape index (κ1) is 9.96. The van der Waals surface area contributed by atoms with E-state index < -0.39 is 0 Å². The molecule has 72 valence electrons. The standard InChI is InChI=1S/C9H21N3/c1-4-12-6-5-10-9(8-12)7-11(2)3/h9-10H,4-8H2,1-3H3. The molecule has 0 spiro atoms. The van der Waals surface area contributed by atoms with Gasteiger partial charge in [0, 0.05) is 32.2 Å². The van der Waals surface area contributed by atoms with Gasteiger partial charge in [-0.3, -0.25) is 0 Å². The Balaban J connectivity index is 2.25. The van der Waals surface area contributed by atoms with Crippen LogP contribution in [0.25, 0.3) is 0 Å². The first-order valence-electron chi connectivity index (χ1n) is 4.83. The summed E-state index contributed by atoms with van der Waals surface area (Å²) in [6, 6.07) is 0.661. The summed E-state index contributed by atoms with van der Waals surface area (Å²) in [5.41, 5.74) is 0. The van der Waals surface area contributed by atoms with Crippen LogP contribution in [0, 0.1) is 0 Å². The highest BCUT2D eigenvalue weighted by Gasteiger charge is 2.17. The van der Waals surface area contributed by atoms with Gasteiger partial charge in [0.25, 0.3) is 0 Å². The molecule has 1 rings (SSSR count). The summed E-state index contributed by atoms with van der Waals surface area (Å²) in [6.07, 6.45) is 0. The molecular formula is C9H21N3. The minimum atomic E-state index is 0.661. The van der Waals surface area contributed by atoms with E-state index in [4.69, 9.17) is 0 Å². The third-order valence-corrected chi connectivity index (χ3v) is 2.37. The summed E-state index contributed by atoms with van der Waals surface area (Å²) in [6.45, 7) is 8.13. The largest absolute Gasteiger partial charge is 0.310 e. The third-order valence-electron chi connectivity index (χ3n) is 2.37. The summed E-state index contributed by atoms with van der Waals surface area (Å²) in [4.78, 5) is 4.75. The SMILES string of the molecule is CCN1CCNC(CN(C)C)C1. The van der Waals surface area contributed by atoms with E-state index in [9.17, 15) is 0 Å². The molecule has 0 aromatic rings. The molecule has 0 radical (unpaired) electrons. The fourth-order valence-corrected chi connectivity index (χ4v) is 1.74. The Kier molecular flexibility index (Phi) is 3.98. The van der Waals surface area contributed by atoms with Gasteiger partial charge in [-0.25, -0.2) is 0 Å². The van der Waals surface area contributed by atoms with Crippen LogP contribution in [-0.4, -0.2) is 62.7 Å². The average Bonchev–Trinajstić information content (AvgIpc) is 2.03. The van der Waals surface area contributed by atoms with Crippen molar-refractivity contribution in [2.75, 3.05) is 46.8 Å². The third kappa shape index (κ3) is 3.09. The summed E-state index contributed by atoms with van der Waals surface area (Å²) in [7, 11) is 4.26. The zero-order valence-corrected chi connectivity index (χ0v) is 8.51. The highest BCUT2D eigenvalue weighted by Crippen LogP contribution is 1.98. The summed E-state index contributed by atoms with van der Waals surface area (Å²) >= 11 is 0. The van der Waals surface area contributed by atoms with Gasteiger partial charge in [-0.2, -0.15) is 0 Å². The average molecular weight is 171 g/mol. The van der Waals surface area contributed by atoms with Gasteiger partial charge in [0.15, 0.2) is 0 Å². The van der Waals surface area contributed by atoms with Crippen LogP contribution in [0.5, 0.6) is 0 Å². The van der Waals surface area contributed by atoms with E-state index in [1.54, 1.807) is 0 Å². The molecule has 1 aliphatic rings. The summed E-state index contributed by atoms with van der Waals surface area (Å²) in [5.74, 6) is 0. The van der Waals surface area contributed by atoms with Crippen LogP contribution in [0.3, 0.4) is 0 Å². The maximum atomic E-state index is 3.53. The topological polar surface area (TPSA) is 18.5 Å². The van der Waals surface area contributed by atoms with Crippen LogP contribution >= 0.6 is 0 Å². The van der Waals surface area contributed by atoms with Gasteiger partial charge >= 0.3 is 0 Å². The number of rotatable bonds is 3. The van der Waals surface area contributed by atoms with Gasteiger partial charge in [-0.15, -0.1) is 0 Å². The van der Waals surface area contributed by atoms with Gasteiger partial charge in [-0.1, -0.05) is 6.92 Å². The molecule has 3 heteroatoms. The van der Waals surface area contributed by atoms with Crippen LogP contribution in [0.1, 0.15) is 6.92 Å². The molecule has 0 bridgehead atoms. The lowest BCUT2D eigenvalue weighted by atomic mass is 10.2. The molecule has 1 N–H and O–H groups in total. The molecule has 3 nitrogen and oxygen atoms in total. The second-order valence-corrected chi connectivity index (χ2v) is 3.81. The zero-order valence-electron chi connectivity index (χ0n) is 8.51. The number of piperazine rings is 1. The van der Waals surface area contributed by atoms with Gasteiger partial charge in [0.2, 0.25) is 0 Å². The normalized spacial score (nSPS) is 26.5. The Morgan fingerprint density at radius 3 is 2.83 bits per heavy atom. The number of likely N-dealkylation sites (N-methyl/N-ethyl adjacent to an activating group) is 2. The van der Waals surface area contributed by atoms with Crippen molar-refractivity contribution in [3.63, 3.8) is 0 Å². The van der Waals surface area contributed by atoms with Crippen LogP contribution in [0.4, 0.5) is 0 Å². The predicted octanol–water partition coefficient (Wildman–Crippen LogP) is -0.158. The van der Waals surface area contributed by atoms with Crippen molar-refractivity contribution in [2.24, 2.45) is 0 Å². The summed E-state index contributed by atoms with van der Waals surface area (Å²) < 4.78 is 0. The smallest absolute Gasteiger partial charge is 0.0322 e. The van der Waals surface area contributed by atoms with Gasteiger partial charge in [-0.05, 0) is 20.6 Å². The van der Waals surface area contributed by atoms with Crippen molar-refractivity contribution in [1.29, 1.82) is 0 Å². The molecule has 0 amide bonds. The Labute approximate surface area is 75.7 Å². The fraction of sp³-hybridized carbons (Fsp3) is 1.00. The van der Waals surface area contributed by atoms with Crippen LogP contribution in [0.15, 0.2) is 0 Å². The Bertz CT molecular complexity index is 125. The van der Waals surface area contributed by atoms with Crippen molar-refractivity contribution < 1.29 is 0 Å². The second kappa shape index (κ2) is 4.80. The minimum absolute atomic E-state index is 0.661. The van der Waals surface area contributed by atoms with Crippen molar-refractivity contribution >= 4 is 0 Å². The molecule has 0 aromatic carbocycles. The Hall–Kier alpha value is -0.120. The summed E-state index contributed by atoms with van der Waals surface area (Å²) in [5, 5.41) is 3.53. The van der Waals surface area contributed by atoms with E-state index in [1.807, 2.05) is 0 Å². The van der Waals surface area contributed by atoms with Crippen molar-refractivity contribution in [2.45, 2.75) is 13.0 Å². The molecule has 0 aromatic heterocycles. The van der Waals surface area contributed by atoms with E-state index in [0.717, 1.165) is 13.1 Å². The Morgan fingerprint density at radius 2 is 2.25 bits per heavy atom. The molecule has 1 unspecified atom stereocenters. The first-order chi connectivity index (χ1) is 5.72. The zero-order chi connectivity index (χ0) is 8.97. The predicted molar refractivity (Wildman–Crippen MR) is 52.5 cm³/mol. The van der Waals surface area contributed by atoms with E-state index in [1.165, 1.54) is 19.6 Å². The van der Waals surface area contributed by atoms with Crippen molar-refractivity contribution in [3.8, 4) is 0 Å². The van der Waals surface area contributed by atoms with Crippen molar-refractivity contribution in [3.05, 3.63) is 0 Å². The molecular weight excluding hydrogens is 150 g/mol. The quantitative estimate of drug-likeness (QED) is 0.637. The molecule has 0 aliphatic carbocycles. The molecule has 1 fully saturated rings. The monoisotopic (exact) mass is 171 g/mol. The molecule has 1 aliphatic heterocycles. The highest BCUT2D eigenvalue weighted by molar-refractivity contribution is 4.79. The minimum Gasteiger partial charge on any atom is -0.310 e. The lowest BCUT2D eigenvalue weighted by Crippen LogP contribution is -2.53. The van der Waals surface area contributed by atoms with Crippen LogP contribution < -0.4 is 5.32 Å². The number of nitrogens with one attached hydrogen (secondary N) is 1. The lowest BCUT2D eigenvalue weighted by molar-refractivity contribution is 0.185. The fourth-order valence-electron chi connectivity index (χ4n) is 1.74. The maximum Gasteiger partial charge on any atom is 0.0322 e. The van der Waals surface area contributed by atoms with Crippen molar-refractivity contribution in [1.82, 2.24) is 15.1 Å². The van der Waals surface area contributed by atoms with Gasteiger partial charge in [0.1, 0.15) is 0 Å². The lowest BCUT2D eigenvalue weighted by Gasteiger charge is -2.34. The molecule has 1 atom stereocenters. The van der Waals surface area contributed by atoms with Crippen LogP contribution in [0.2, 0.25) is 0 Å². The molecule has 1 heterocycles. The van der Waals surface area contributed by atoms with E-state index in [0.29, 0.717) is 6.04 Å². The highest BCUT2D eigenvalue weighted by atomic mass is 15.2. The molecule has 1 saturated heterocycles. The number of nitrogens with zero attached hydrogens (tertiary/aromatic N) is 2. The van der Waals surface area contributed by atoms with Gasteiger partial charge < -0.3 is 15.1 Å². The maximum absolute atomic E-state index is 3.53.